The molecular weight excluding hydrogens is 224 g/mol. The molecule has 2 rings (SSSR count). The summed E-state index contributed by atoms with van der Waals surface area (Å²) in [4.78, 5) is 11.9. The molecule has 0 fully saturated rings. The van der Waals surface area contributed by atoms with Gasteiger partial charge in [-0.2, -0.15) is 0 Å². The Kier molecular flexibility index (Phi) is 3.55. The standard InChI is InChI=1S/C16H20O2/c1-5-11(4)12-6-7-14-13(8-12)9-15(18-14)16(17)10(2)3/h6-11H,5H2,1-4H3. The van der Waals surface area contributed by atoms with E-state index < -0.39 is 0 Å². The third kappa shape index (κ3) is 2.33. The minimum absolute atomic E-state index is 0.0281. The van der Waals surface area contributed by atoms with Crippen LogP contribution in [0, 0.1) is 5.92 Å². The van der Waals surface area contributed by atoms with Gasteiger partial charge in [-0.3, -0.25) is 4.79 Å². The smallest absolute Gasteiger partial charge is 0.200 e. The molecule has 2 aromatic rings. The number of carbonyl (C=O) groups is 1. The molecule has 0 aliphatic carbocycles. The first-order chi connectivity index (χ1) is 8.52. The van der Waals surface area contributed by atoms with E-state index in [0.717, 1.165) is 17.4 Å². The van der Waals surface area contributed by atoms with Gasteiger partial charge in [0.15, 0.2) is 5.76 Å². The molecule has 0 amide bonds. The van der Waals surface area contributed by atoms with Gasteiger partial charge in [0.25, 0.3) is 0 Å². The summed E-state index contributed by atoms with van der Waals surface area (Å²) in [6.07, 6.45) is 1.11. The summed E-state index contributed by atoms with van der Waals surface area (Å²) in [6, 6.07) is 8.05. The number of Topliss-reactive ketones (excluding diaryl/α,β-unsaturated/α-hetero) is 1. The molecule has 2 nitrogen and oxygen atoms in total. The highest BCUT2D eigenvalue weighted by Gasteiger charge is 2.16. The van der Waals surface area contributed by atoms with Crippen molar-refractivity contribution < 1.29 is 9.21 Å². The predicted molar refractivity (Wildman–Crippen MR) is 74.1 cm³/mol. The number of ketones is 1. The van der Waals surface area contributed by atoms with E-state index >= 15 is 0 Å². The molecule has 2 heteroatoms. The minimum Gasteiger partial charge on any atom is -0.453 e. The number of rotatable bonds is 4. The van der Waals surface area contributed by atoms with Gasteiger partial charge in [0.05, 0.1) is 0 Å². The summed E-state index contributed by atoms with van der Waals surface area (Å²) in [5.41, 5.74) is 2.10. The summed E-state index contributed by atoms with van der Waals surface area (Å²) in [7, 11) is 0. The maximum Gasteiger partial charge on any atom is 0.200 e. The Balaban J connectivity index is 2.43. The molecule has 1 unspecified atom stereocenters. The van der Waals surface area contributed by atoms with E-state index in [1.165, 1.54) is 5.56 Å². The van der Waals surface area contributed by atoms with Gasteiger partial charge >= 0.3 is 0 Å². The molecule has 0 saturated carbocycles. The van der Waals surface area contributed by atoms with Crippen molar-refractivity contribution in [1.82, 2.24) is 0 Å². The molecule has 1 heterocycles. The molecule has 18 heavy (non-hydrogen) atoms. The monoisotopic (exact) mass is 244 g/mol. The molecular formula is C16H20O2. The lowest BCUT2D eigenvalue weighted by atomic mass is 9.97. The Morgan fingerprint density at radius 1 is 1.22 bits per heavy atom. The van der Waals surface area contributed by atoms with Gasteiger partial charge in [-0.25, -0.2) is 0 Å². The summed E-state index contributed by atoms with van der Waals surface area (Å²) >= 11 is 0. The number of hydrogen-bond acceptors (Lipinski definition) is 2. The molecule has 0 N–H and O–H groups in total. The lowest BCUT2D eigenvalue weighted by molar-refractivity contribution is 0.0913. The van der Waals surface area contributed by atoms with E-state index in [2.05, 4.69) is 26.0 Å². The van der Waals surface area contributed by atoms with Crippen LogP contribution < -0.4 is 0 Å². The Labute approximate surface area is 108 Å². The third-order valence-corrected chi connectivity index (χ3v) is 3.49. The van der Waals surface area contributed by atoms with Crippen molar-refractivity contribution in [3.8, 4) is 0 Å². The molecule has 1 atom stereocenters. The van der Waals surface area contributed by atoms with E-state index in [0.29, 0.717) is 11.7 Å². The van der Waals surface area contributed by atoms with Gasteiger partial charge in [0.2, 0.25) is 5.78 Å². The number of furan rings is 1. The summed E-state index contributed by atoms with van der Waals surface area (Å²) < 4.78 is 5.61. The Hall–Kier alpha value is -1.57. The van der Waals surface area contributed by atoms with Crippen LogP contribution in [0.15, 0.2) is 28.7 Å². The van der Waals surface area contributed by atoms with Crippen LogP contribution in [0.25, 0.3) is 11.0 Å². The van der Waals surface area contributed by atoms with Crippen molar-refractivity contribution in [1.29, 1.82) is 0 Å². The van der Waals surface area contributed by atoms with Gasteiger partial charge in [-0.05, 0) is 36.1 Å². The first kappa shape index (κ1) is 12.9. The summed E-state index contributed by atoms with van der Waals surface area (Å²) in [5.74, 6) is 1.05. The van der Waals surface area contributed by atoms with Crippen molar-refractivity contribution >= 4 is 16.8 Å². The molecule has 0 aliphatic rings. The number of carbonyl (C=O) groups excluding carboxylic acids is 1. The van der Waals surface area contributed by atoms with E-state index in [-0.39, 0.29) is 11.7 Å². The van der Waals surface area contributed by atoms with Crippen LogP contribution in [0.1, 0.15) is 56.2 Å². The molecule has 0 bridgehead atoms. The quantitative estimate of drug-likeness (QED) is 0.724. The summed E-state index contributed by atoms with van der Waals surface area (Å²) in [5, 5.41) is 1.02. The van der Waals surface area contributed by atoms with Gasteiger partial charge < -0.3 is 4.42 Å². The van der Waals surface area contributed by atoms with Gasteiger partial charge in [0, 0.05) is 11.3 Å². The van der Waals surface area contributed by atoms with Crippen molar-refractivity contribution in [2.24, 2.45) is 5.92 Å². The first-order valence-corrected chi connectivity index (χ1v) is 6.60. The fourth-order valence-corrected chi connectivity index (χ4v) is 2.01. The molecule has 96 valence electrons. The van der Waals surface area contributed by atoms with Crippen LogP contribution in [-0.2, 0) is 0 Å². The maximum atomic E-state index is 11.9. The van der Waals surface area contributed by atoms with Gasteiger partial charge in [0.1, 0.15) is 5.58 Å². The second-order valence-electron chi connectivity index (χ2n) is 5.24. The minimum atomic E-state index is -0.0281. The Morgan fingerprint density at radius 3 is 2.56 bits per heavy atom. The third-order valence-electron chi connectivity index (χ3n) is 3.49. The van der Waals surface area contributed by atoms with Crippen molar-refractivity contribution in [3.05, 3.63) is 35.6 Å². The van der Waals surface area contributed by atoms with Crippen LogP contribution in [0.4, 0.5) is 0 Å². The zero-order valence-electron chi connectivity index (χ0n) is 11.5. The topological polar surface area (TPSA) is 30.2 Å². The normalized spacial score (nSPS) is 13.2. The van der Waals surface area contributed by atoms with Crippen molar-refractivity contribution in [2.75, 3.05) is 0 Å². The van der Waals surface area contributed by atoms with Crippen LogP contribution >= 0.6 is 0 Å². The van der Waals surface area contributed by atoms with Crippen molar-refractivity contribution in [2.45, 2.75) is 40.0 Å². The zero-order valence-corrected chi connectivity index (χ0v) is 11.5. The average Bonchev–Trinajstić information content (AvgIpc) is 2.79. The van der Waals surface area contributed by atoms with Gasteiger partial charge in [-0.1, -0.05) is 33.8 Å². The highest BCUT2D eigenvalue weighted by Crippen LogP contribution is 2.26. The van der Waals surface area contributed by atoms with E-state index in [1.807, 2.05) is 26.0 Å². The summed E-state index contributed by atoms with van der Waals surface area (Å²) in [6.45, 7) is 8.17. The Morgan fingerprint density at radius 2 is 1.94 bits per heavy atom. The van der Waals surface area contributed by atoms with Crippen LogP contribution in [0.3, 0.4) is 0 Å². The molecule has 0 saturated heterocycles. The molecule has 0 spiro atoms. The second-order valence-corrected chi connectivity index (χ2v) is 5.24. The maximum absolute atomic E-state index is 11.9. The van der Waals surface area contributed by atoms with Crippen LogP contribution in [0.2, 0.25) is 0 Å². The highest BCUT2D eigenvalue weighted by atomic mass is 16.3. The number of hydrogen-bond donors (Lipinski definition) is 0. The van der Waals surface area contributed by atoms with E-state index in [9.17, 15) is 4.79 Å². The lowest BCUT2D eigenvalue weighted by Crippen LogP contribution is -2.05. The fraction of sp³-hybridized carbons (Fsp3) is 0.438. The first-order valence-electron chi connectivity index (χ1n) is 6.60. The fourth-order valence-electron chi connectivity index (χ4n) is 2.01. The van der Waals surface area contributed by atoms with E-state index in [1.54, 1.807) is 0 Å². The number of fused-ring (bicyclic) bond motifs is 1. The average molecular weight is 244 g/mol. The molecule has 0 aliphatic heterocycles. The molecule has 0 radical (unpaired) electrons. The van der Waals surface area contributed by atoms with Crippen LogP contribution in [-0.4, -0.2) is 5.78 Å². The van der Waals surface area contributed by atoms with Crippen LogP contribution in [0.5, 0.6) is 0 Å². The second kappa shape index (κ2) is 4.97. The van der Waals surface area contributed by atoms with E-state index in [4.69, 9.17) is 4.42 Å². The highest BCUT2D eigenvalue weighted by molar-refractivity contribution is 5.98. The SMILES string of the molecule is CCC(C)c1ccc2oc(C(=O)C(C)C)cc2c1. The zero-order chi connectivity index (χ0) is 13.3. The largest absolute Gasteiger partial charge is 0.453 e. The molecule has 1 aromatic heterocycles. The lowest BCUT2D eigenvalue weighted by Gasteiger charge is -2.07. The van der Waals surface area contributed by atoms with Crippen molar-refractivity contribution in [3.63, 3.8) is 0 Å². The predicted octanol–water partition coefficient (Wildman–Crippen LogP) is 4.79. The van der Waals surface area contributed by atoms with Gasteiger partial charge in [-0.15, -0.1) is 0 Å². The Bertz CT molecular complexity index is 563. The number of benzene rings is 1. The molecule has 1 aromatic carbocycles.